The maximum Gasteiger partial charge on any atom is 0.257 e. The van der Waals surface area contributed by atoms with Gasteiger partial charge < -0.3 is 5.11 Å². The highest BCUT2D eigenvalue weighted by Crippen LogP contribution is 2.30. The Balaban J connectivity index is 3.38. The molecule has 0 saturated heterocycles. The number of halogens is 3. The van der Waals surface area contributed by atoms with E-state index >= 15 is 0 Å². The second-order valence-electron chi connectivity index (χ2n) is 2.06. The zero-order valence-electron chi connectivity index (χ0n) is 5.64. The molecule has 0 aliphatic rings. The Morgan fingerprint density at radius 2 is 1.92 bits per heavy atom. The Hall–Kier alpha value is -0.440. The number of phenolic OH excluding ortho intramolecular Hbond substituents is 1. The van der Waals surface area contributed by atoms with Crippen LogP contribution >= 0.6 is 34.8 Å². The van der Waals surface area contributed by atoms with Crippen LogP contribution in [0.5, 0.6) is 5.75 Å². The van der Waals surface area contributed by atoms with Crippen molar-refractivity contribution in [3.05, 3.63) is 27.7 Å². The molecule has 1 aromatic rings. The first-order valence-electron chi connectivity index (χ1n) is 2.90. The molecule has 0 saturated carbocycles. The van der Waals surface area contributed by atoms with E-state index in [1.807, 2.05) is 0 Å². The number of hydrogen-bond acceptors (Lipinski definition) is 2. The minimum Gasteiger partial charge on any atom is -0.507 e. The van der Waals surface area contributed by atoms with Crippen LogP contribution in [0.4, 0.5) is 0 Å². The number of phenols is 1. The van der Waals surface area contributed by atoms with Crippen LogP contribution in [0.1, 0.15) is 10.4 Å². The van der Waals surface area contributed by atoms with Gasteiger partial charge in [0.15, 0.2) is 0 Å². The molecule has 0 aromatic heterocycles. The van der Waals surface area contributed by atoms with E-state index in [2.05, 4.69) is 0 Å². The first kappa shape index (κ1) is 9.65. The van der Waals surface area contributed by atoms with Gasteiger partial charge in [0.25, 0.3) is 5.24 Å². The van der Waals surface area contributed by atoms with Crippen molar-refractivity contribution >= 4 is 40.0 Å². The van der Waals surface area contributed by atoms with E-state index in [-0.39, 0.29) is 21.4 Å². The van der Waals surface area contributed by atoms with Gasteiger partial charge in [-0.05, 0) is 23.7 Å². The molecule has 1 N–H and O–H groups in total. The monoisotopic (exact) mass is 224 g/mol. The van der Waals surface area contributed by atoms with Crippen molar-refractivity contribution in [2.75, 3.05) is 0 Å². The van der Waals surface area contributed by atoms with E-state index in [0.29, 0.717) is 0 Å². The standard InChI is InChI=1S/C7H3Cl3O2/c8-3-1-4(9)6(7(10)12)5(11)2-3/h1-2,11H. The van der Waals surface area contributed by atoms with Crippen LogP contribution in [-0.2, 0) is 0 Å². The van der Waals surface area contributed by atoms with E-state index < -0.39 is 5.24 Å². The van der Waals surface area contributed by atoms with Crippen molar-refractivity contribution in [2.24, 2.45) is 0 Å². The topological polar surface area (TPSA) is 37.3 Å². The van der Waals surface area contributed by atoms with Gasteiger partial charge in [-0.25, -0.2) is 0 Å². The van der Waals surface area contributed by atoms with Crippen molar-refractivity contribution in [1.29, 1.82) is 0 Å². The third-order valence-electron chi connectivity index (χ3n) is 1.23. The summed E-state index contributed by atoms with van der Waals surface area (Å²) in [6, 6.07) is 2.53. The molecule has 12 heavy (non-hydrogen) atoms. The number of carbonyl (C=O) groups excluding carboxylic acids is 1. The summed E-state index contributed by atoms with van der Waals surface area (Å²) >= 11 is 16.2. The first-order chi connectivity index (χ1) is 5.52. The minimum absolute atomic E-state index is 0.0417. The summed E-state index contributed by atoms with van der Waals surface area (Å²) in [6.45, 7) is 0. The van der Waals surface area contributed by atoms with Crippen molar-refractivity contribution in [1.82, 2.24) is 0 Å². The predicted molar refractivity (Wildman–Crippen MR) is 48.3 cm³/mol. The molecular weight excluding hydrogens is 222 g/mol. The summed E-state index contributed by atoms with van der Waals surface area (Å²) in [5, 5.41) is 8.65. The van der Waals surface area contributed by atoms with Gasteiger partial charge in [0.1, 0.15) is 5.75 Å². The van der Waals surface area contributed by atoms with Crippen LogP contribution < -0.4 is 0 Å². The molecule has 0 unspecified atom stereocenters. The number of hydrogen-bond donors (Lipinski definition) is 1. The molecule has 5 heteroatoms. The van der Waals surface area contributed by atoms with Gasteiger partial charge >= 0.3 is 0 Å². The van der Waals surface area contributed by atoms with Crippen molar-refractivity contribution < 1.29 is 9.90 Å². The quantitative estimate of drug-likeness (QED) is 0.746. The molecular formula is C7H3Cl3O2. The molecule has 0 amide bonds. The lowest BCUT2D eigenvalue weighted by Gasteiger charge is -2.01. The highest BCUT2D eigenvalue weighted by atomic mass is 35.5. The lowest BCUT2D eigenvalue weighted by Crippen LogP contribution is -1.90. The van der Waals surface area contributed by atoms with Gasteiger partial charge in [0, 0.05) is 5.02 Å². The molecule has 0 bridgehead atoms. The van der Waals surface area contributed by atoms with E-state index in [1.165, 1.54) is 12.1 Å². The second kappa shape index (κ2) is 3.52. The average Bonchev–Trinajstić information content (AvgIpc) is 1.82. The number of benzene rings is 1. The normalized spacial score (nSPS) is 9.92. The Morgan fingerprint density at radius 3 is 2.33 bits per heavy atom. The van der Waals surface area contributed by atoms with E-state index in [4.69, 9.17) is 39.9 Å². The summed E-state index contributed by atoms with van der Waals surface area (Å²) in [6.07, 6.45) is 0. The summed E-state index contributed by atoms with van der Waals surface area (Å²) in [5.74, 6) is -0.312. The summed E-state index contributed by atoms with van der Waals surface area (Å²) < 4.78 is 0. The molecule has 0 aliphatic heterocycles. The largest absolute Gasteiger partial charge is 0.507 e. The third kappa shape index (κ3) is 1.83. The van der Waals surface area contributed by atoms with Gasteiger partial charge in [-0.15, -0.1) is 0 Å². The van der Waals surface area contributed by atoms with Gasteiger partial charge in [-0.2, -0.15) is 0 Å². The smallest absolute Gasteiger partial charge is 0.257 e. The van der Waals surface area contributed by atoms with Gasteiger partial charge in [0.2, 0.25) is 0 Å². The summed E-state index contributed by atoms with van der Waals surface area (Å²) in [5.41, 5.74) is -0.122. The van der Waals surface area contributed by atoms with Gasteiger partial charge in [-0.3, -0.25) is 4.79 Å². The zero-order chi connectivity index (χ0) is 9.30. The van der Waals surface area contributed by atoms with Crippen LogP contribution in [0.2, 0.25) is 10.0 Å². The lowest BCUT2D eigenvalue weighted by atomic mass is 10.2. The molecule has 64 valence electrons. The molecule has 1 aromatic carbocycles. The van der Waals surface area contributed by atoms with Crippen molar-refractivity contribution in [2.45, 2.75) is 0 Å². The molecule has 0 heterocycles. The number of aromatic hydroxyl groups is 1. The predicted octanol–water partition coefficient (Wildman–Crippen LogP) is 3.08. The number of carbonyl (C=O) groups is 1. The fourth-order valence-electron chi connectivity index (χ4n) is 0.755. The zero-order valence-corrected chi connectivity index (χ0v) is 7.91. The SMILES string of the molecule is O=C(Cl)c1c(O)cc(Cl)cc1Cl. The van der Waals surface area contributed by atoms with E-state index in [0.717, 1.165) is 0 Å². The highest BCUT2D eigenvalue weighted by Gasteiger charge is 2.13. The van der Waals surface area contributed by atoms with Crippen LogP contribution in [0.3, 0.4) is 0 Å². The fraction of sp³-hybridized carbons (Fsp3) is 0. The molecule has 1 rings (SSSR count). The maximum absolute atomic E-state index is 10.7. The summed E-state index contributed by atoms with van der Waals surface area (Å²) in [7, 11) is 0. The molecule has 0 aliphatic carbocycles. The second-order valence-corrected chi connectivity index (χ2v) is 3.24. The Morgan fingerprint density at radius 1 is 1.33 bits per heavy atom. The molecule has 2 nitrogen and oxygen atoms in total. The highest BCUT2D eigenvalue weighted by molar-refractivity contribution is 6.69. The van der Waals surface area contributed by atoms with Gasteiger partial charge in [-0.1, -0.05) is 23.2 Å². The average molecular weight is 225 g/mol. The molecule has 0 fully saturated rings. The fourth-order valence-corrected chi connectivity index (χ4v) is 1.57. The molecule has 0 radical (unpaired) electrons. The van der Waals surface area contributed by atoms with E-state index in [1.54, 1.807) is 0 Å². The summed E-state index contributed by atoms with van der Waals surface area (Å²) in [4.78, 5) is 10.7. The van der Waals surface area contributed by atoms with Crippen LogP contribution in [-0.4, -0.2) is 10.3 Å². The van der Waals surface area contributed by atoms with Crippen molar-refractivity contribution in [3.8, 4) is 5.75 Å². The third-order valence-corrected chi connectivity index (χ3v) is 1.94. The van der Waals surface area contributed by atoms with Crippen molar-refractivity contribution in [3.63, 3.8) is 0 Å². The van der Waals surface area contributed by atoms with Crippen LogP contribution in [0.15, 0.2) is 12.1 Å². The molecule has 0 spiro atoms. The first-order valence-corrected chi connectivity index (χ1v) is 4.03. The Kier molecular flexibility index (Phi) is 2.83. The Labute approximate surface area is 83.7 Å². The van der Waals surface area contributed by atoms with Gasteiger partial charge in [0.05, 0.1) is 10.6 Å². The van der Waals surface area contributed by atoms with Crippen LogP contribution in [0.25, 0.3) is 0 Å². The molecule has 0 atom stereocenters. The van der Waals surface area contributed by atoms with E-state index in [9.17, 15) is 4.79 Å². The minimum atomic E-state index is -0.811. The maximum atomic E-state index is 10.7. The lowest BCUT2D eigenvalue weighted by molar-refractivity contribution is 0.107. The Bertz CT molecular complexity index is 312. The van der Waals surface area contributed by atoms with Crippen LogP contribution in [0, 0.1) is 0 Å². The number of rotatable bonds is 1.